The Morgan fingerprint density at radius 1 is 1.33 bits per heavy atom. The Kier molecular flexibility index (Phi) is 6.64. The molecule has 0 aliphatic carbocycles. The first kappa shape index (κ1) is 17.9. The van der Waals surface area contributed by atoms with Crippen LogP contribution in [-0.4, -0.2) is 27.2 Å². The van der Waals surface area contributed by atoms with Crippen molar-refractivity contribution in [3.63, 3.8) is 0 Å². The zero-order valence-electron chi connectivity index (χ0n) is 11.6. The summed E-state index contributed by atoms with van der Waals surface area (Å²) >= 11 is 6.42. The number of phenols is 2. The van der Waals surface area contributed by atoms with Gasteiger partial charge in [0, 0.05) is 4.47 Å². The lowest BCUT2D eigenvalue weighted by Crippen LogP contribution is -2.00. The molecular formula is C15H16Br2O4. The second-order valence-corrected chi connectivity index (χ2v) is 6.22. The fraction of sp³-hybridized carbons (Fsp3) is 0.267. The van der Waals surface area contributed by atoms with Crippen molar-refractivity contribution in [3.05, 3.63) is 38.3 Å². The minimum atomic E-state index is -0.490. The van der Waals surface area contributed by atoms with Crippen LogP contribution in [0.2, 0.25) is 0 Å². The van der Waals surface area contributed by atoms with Crippen molar-refractivity contribution in [2.45, 2.75) is 26.4 Å². The first-order valence-corrected chi connectivity index (χ1v) is 7.79. The molecule has 4 nitrogen and oxygen atoms in total. The van der Waals surface area contributed by atoms with Gasteiger partial charge in [-0.25, -0.2) is 0 Å². The molecule has 0 spiro atoms. The predicted molar refractivity (Wildman–Crippen MR) is 89.3 cm³/mol. The van der Waals surface area contributed by atoms with Crippen LogP contribution in [0.15, 0.2) is 32.7 Å². The third-order valence-electron chi connectivity index (χ3n) is 2.76. The Hall–Kier alpha value is -1.11. The standard InChI is InChI=1S/C15H16Br2O4/c1-8(3-4-9(2)18)11(19)6-5-10-7-12(20)15(21)14(17)13(10)16/h3,5-7,9,18,20-21H,4H2,1-2H3/b6-5+,8-3+. The second-order valence-electron chi connectivity index (χ2n) is 4.63. The Morgan fingerprint density at radius 3 is 2.52 bits per heavy atom. The Labute approximate surface area is 140 Å². The summed E-state index contributed by atoms with van der Waals surface area (Å²) in [4.78, 5) is 11.9. The second kappa shape index (κ2) is 7.77. The zero-order chi connectivity index (χ0) is 16.2. The molecule has 0 saturated heterocycles. The minimum Gasteiger partial charge on any atom is -0.504 e. The first-order valence-electron chi connectivity index (χ1n) is 6.21. The number of carbonyl (C=O) groups excluding carboxylic acids is 1. The third-order valence-corrected chi connectivity index (χ3v) is 4.92. The van der Waals surface area contributed by atoms with E-state index in [0.717, 1.165) is 0 Å². The summed E-state index contributed by atoms with van der Waals surface area (Å²) < 4.78 is 0.850. The van der Waals surface area contributed by atoms with Gasteiger partial charge in [-0.3, -0.25) is 4.79 Å². The summed E-state index contributed by atoms with van der Waals surface area (Å²) in [5, 5.41) is 28.3. The van der Waals surface area contributed by atoms with Crippen molar-refractivity contribution in [3.8, 4) is 11.5 Å². The molecular weight excluding hydrogens is 404 g/mol. The number of hydrogen-bond acceptors (Lipinski definition) is 4. The molecule has 0 bridgehead atoms. The van der Waals surface area contributed by atoms with Crippen molar-refractivity contribution < 1.29 is 20.1 Å². The molecule has 6 heteroatoms. The maximum atomic E-state index is 11.9. The average Bonchev–Trinajstić information content (AvgIpc) is 2.44. The van der Waals surface area contributed by atoms with Crippen LogP contribution < -0.4 is 0 Å². The van der Waals surface area contributed by atoms with E-state index in [0.29, 0.717) is 26.5 Å². The molecule has 1 rings (SSSR count). The van der Waals surface area contributed by atoms with E-state index in [1.54, 1.807) is 19.9 Å². The molecule has 0 aliphatic heterocycles. The highest BCUT2D eigenvalue weighted by Gasteiger charge is 2.12. The van der Waals surface area contributed by atoms with Gasteiger partial charge in [0.05, 0.1) is 10.6 Å². The number of aliphatic hydroxyl groups is 1. The number of aliphatic hydroxyl groups excluding tert-OH is 1. The first-order chi connectivity index (χ1) is 9.73. The number of rotatable bonds is 5. The molecule has 1 aromatic carbocycles. The fourth-order valence-electron chi connectivity index (χ4n) is 1.49. The predicted octanol–water partition coefficient (Wildman–Crippen LogP) is 3.92. The van der Waals surface area contributed by atoms with E-state index < -0.39 is 6.10 Å². The van der Waals surface area contributed by atoms with Gasteiger partial charge in [0.2, 0.25) is 0 Å². The summed E-state index contributed by atoms with van der Waals surface area (Å²) in [5.74, 6) is -0.733. The van der Waals surface area contributed by atoms with Crippen molar-refractivity contribution in [1.82, 2.24) is 0 Å². The van der Waals surface area contributed by atoms with Crippen LogP contribution in [-0.2, 0) is 4.79 Å². The molecule has 0 amide bonds. The number of phenolic OH excluding ortho intramolecular Hbond substituents is 2. The van der Waals surface area contributed by atoms with Crippen LogP contribution in [0.25, 0.3) is 6.08 Å². The van der Waals surface area contributed by atoms with Gasteiger partial charge in [-0.1, -0.05) is 6.08 Å². The molecule has 1 aromatic rings. The lowest BCUT2D eigenvalue weighted by molar-refractivity contribution is -0.111. The summed E-state index contributed by atoms with van der Waals surface area (Å²) in [5.41, 5.74) is 1.08. The highest BCUT2D eigenvalue weighted by atomic mass is 79.9. The minimum absolute atomic E-state index is 0.189. The Balaban J connectivity index is 2.96. The van der Waals surface area contributed by atoms with E-state index >= 15 is 0 Å². The zero-order valence-corrected chi connectivity index (χ0v) is 14.8. The molecule has 0 saturated carbocycles. The van der Waals surface area contributed by atoms with Crippen LogP contribution in [0.5, 0.6) is 11.5 Å². The quantitative estimate of drug-likeness (QED) is 0.499. The van der Waals surface area contributed by atoms with E-state index in [9.17, 15) is 20.1 Å². The van der Waals surface area contributed by atoms with Crippen molar-refractivity contribution in [2.24, 2.45) is 0 Å². The van der Waals surface area contributed by atoms with Gasteiger partial charge in [0.15, 0.2) is 17.3 Å². The highest BCUT2D eigenvalue weighted by molar-refractivity contribution is 9.13. The third kappa shape index (κ3) is 4.98. The number of aromatic hydroxyl groups is 2. The van der Waals surface area contributed by atoms with Crippen LogP contribution in [0.4, 0.5) is 0 Å². The van der Waals surface area contributed by atoms with Crippen LogP contribution in [0.1, 0.15) is 25.8 Å². The molecule has 0 aromatic heterocycles. The largest absolute Gasteiger partial charge is 0.504 e. The van der Waals surface area contributed by atoms with Gasteiger partial charge in [0.25, 0.3) is 0 Å². The van der Waals surface area contributed by atoms with Crippen LogP contribution >= 0.6 is 31.9 Å². The SMILES string of the molecule is C/C(=C\CC(C)O)C(=O)/C=C/c1cc(O)c(O)c(Br)c1Br. The summed E-state index contributed by atoms with van der Waals surface area (Å²) in [6, 6.07) is 1.35. The number of halogens is 2. The smallest absolute Gasteiger partial charge is 0.181 e. The number of ketones is 1. The summed E-state index contributed by atoms with van der Waals surface area (Å²) in [6.07, 6.45) is 4.51. The van der Waals surface area contributed by atoms with E-state index in [2.05, 4.69) is 31.9 Å². The Bertz CT molecular complexity index is 604. The van der Waals surface area contributed by atoms with E-state index in [1.807, 2.05) is 0 Å². The lowest BCUT2D eigenvalue weighted by Gasteiger charge is -2.06. The summed E-state index contributed by atoms with van der Waals surface area (Å²) in [6.45, 7) is 3.33. The molecule has 1 unspecified atom stereocenters. The van der Waals surface area contributed by atoms with Gasteiger partial charge in [0.1, 0.15) is 0 Å². The average molecular weight is 420 g/mol. The Morgan fingerprint density at radius 2 is 1.95 bits per heavy atom. The topological polar surface area (TPSA) is 77.8 Å². The highest BCUT2D eigenvalue weighted by Crippen LogP contribution is 2.41. The number of benzene rings is 1. The van der Waals surface area contributed by atoms with Gasteiger partial charge < -0.3 is 15.3 Å². The van der Waals surface area contributed by atoms with Crippen molar-refractivity contribution >= 4 is 43.7 Å². The lowest BCUT2D eigenvalue weighted by atomic mass is 10.1. The molecule has 0 heterocycles. The van der Waals surface area contributed by atoms with Gasteiger partial charge >= 0.3 is 0 Å². The van der Waals surface area contributed by atoms with Crippen LogP contribution in [0, 0.1) is 0 Å². The van der Waals surface area contributed by atoms with Crippen LogP contribution in [0.3, 0.4) is 0 Å². The molecule has 1 atom stereocenters. The maximum absolute atomic E-state index is 11.9. The van der Waals surface area contributed by atoms with Gasteiger partial charge in [-0.15, -0.1) is 0 Å². The molecule has 0 radical (unpaired) electrons. The molecule has 114 valence electrons. The molecule has 3 N–H and O–H groups in total. The number of allylic oxidation sites excluding steroid dienone is 2. The van der Waals surface area contributed by atoms with Crippen molar-refractivity contribution in [1.29, 1.82) is 0 Å². The van der Waals surface area contributed by atoms with E-state index in [1.165, 1.54) is 18.2 Å². The maximum Gasteiger partial charge on any atom is 0.181 e. The van der Waals surface area contributed by atoms with Gasteiger partial charge in [-0.2, -0.15) is 0 Å². The summed E-state index contributed by atoms with van der Waals surface area (Å²) in [7, 11) is 0. The monoisotopic (exact) mass is 418 g/mol. The van der Waals surface area contributed by atoms with E-state index in [-0.39, 0.29) is 17.3 Å². The fourth-order valence-corrected chi connectivity index (χ4v) is 2.35. The van der Waals surface area contributed by atoms with Crippen molar-refractivity contribution in [2.75, 3.05) is 0 Å². The number of carbonyl (C=O) groups is 1. The normalized spacial score (nSPS) is 13.7. The molecule has 21 heavy (non-hydrogen) atoms. The number of hydrogen-bond donors (Lipinski definition) is 3. The molecule has 0 fully saturated rings. The van der Waals surface area contributed by atoms with Gasteiger partial charge in [-0.05, 0) is 81.5 Å². The molecule has 0 aliphatic rings. The van der Waals surface area contributed by atoms with E-state index in [4.69, 9.17) is 0 Å².